The molecule has 0 aliphatic heterocycles. The number of unbranched alkanes of at least 4 members (excludes halogenated alkanes) is 3. The molecule has 0 bridgehead atoms. The molecule has 0 aliphatic carbocycles. The van der Waals surface area contributed by atoms with Crippen molar-refractivity contribution < 1.29 is 73.9 Å². The van der Waals surface area contributed by atoms with Gasteiger partial charge in [0.1, 0.15) is 0 Å². The fourth-order valence-electron chi connectivity index (χ4n) is 3.58. The summed E-state index contributed by atoms with van der Waals surface area (Å²) in [6.45, 7) is 0.689. The van der Waals surface area contributed by atoms with Crippen LogP contribution >= 0.6 is 8.73 Å². The van der Waals surface area contributed by atoms with Crippen molar-refractivity contribution in [3.63, 3.8) is 0 Å². The molecule has 31 heavy (non-hydrogen) atoms. The number of benzene rings is 1. The fraction of sp³-hybridized carbons (Fsp3) is 0.500. The van der Waals surface area contributed by atoms with E-state index in [4.69, 9.17) is 22.5 Å². The minimum atomic E-state index is -1.43. The maximum Gasteiger partial charge on any atom is 1.00 e. The van der Waals surface area contributed by atoms with Crippen molar-refractivity contribution >= 4 is 105 Å². The first-order valence-electron chi connectivity index (χ1n) is 11.0. The Morgan fingerprint density at radius 3 is 1.87 bits per heavy atom. The predicted molar refractivity (Wildman–Crippen MR) is 157 cm³/mol. The summed E-state index contributed by atoms with van der Waals surface area (Å²) in [6, 6.07) is 12.1. The molecule has 0 amide bonds. The molecule has 0 atom stereocenters. The molecular formula is C12H29B13Na2O3S+. The Hall–Kier alpha value is 2.13. The van der Waals surface area contributed by atoms with Gasteiger partial charge in [-0.05, 0) is 0 Å². The third kappa shape index (κ3) is 14.3. The van der Waals surface area contributed by atoms with Gasteiger partial charge in [0.05, 0.1) is 0 Å². The summed E-state index contributed by atoms with van der Waals surface area (Å²) in [5, 5.41) is 18.2. The number of ether oxygens (including phenoxy) is 1. The van der Waals surface area contributed by atoms with Gasteiger partial charge in [0.15, 0.2) is 0 Å². The van der Waals surface area contributed by atoms with E-state index in [1.165, 1.54) is 18.6 Å². The largest absolute Gasteiger partial charge is 1.00 e. The molecule has 3 radical (unpaired) electrons. The molecule has 0 heterocycles. The van der Waals surface area contributed by atoms with Crippen molar-refractivity contribution in [3.8, 4) is 5.75 Å². The van der Waals surface area contributed by atoms with Crippen molar-refractivity contribution in [2.24, 2.45) is 0 Å². The first-order chi connectivity index (χ1) is 13.7. The topological polar surface area (TPSA) is 49.7 Å². The van der Waals surface area contributed by atoms with Gasteiger partial charge >= 0.3 is 237 Å². The molecule has 1 aromatic carbocycles. The molecule has 0 aliphatic rings. The minimum Gasteiger partial charge on any atom is 1.00 e. The van der Waals surface area contributed by atoms with Gasteiger partial charge in [-0.1, -0.05) is 0 Å². The van der Waals surface area contributed by atoms with Crippen LogP contribution in [0.1, 0.15) is 25.7 Å². The summed E-state index contributed by atoms with van der Waals surface area (Å²) in [6.07, 6.45) is 5.80. The van der Waals surface area contributed by atoms with Crippen LogP contribution in [0.25, 0.3) is 0 Å². The maximum atomic E-state index is 9.12. The van der Waals surface area contributed by atoms with Gasteiger partial charge < -0.3 is 10.0 Å². The second-order valence-electron chi connectivity index (χ2n) is 8.62. The average Bonchev–Trinajstić information content (AvgIpc) is 2.65. The Bertz CT molecular complexity index is 696. The van der Waals surface area contributed by atoms with Gasteiger partial charge in [-0.3, -0.25) is 0 Å². The van der Waals surface area contributed by atoms with E-state index in [1.54, 1.807) is 24.3 Å². The number of hydrogen-bond acceptors (Lipinski definition) is 3. The van der Waals surface area contributed by atoms with Gasteiger partial charge in [-0.15, -0.1) is 0 Å². The molecule has 1 aromatic rings. The average molecular weight is 430 g/mol. The van der Waals surface area contributed by atoms with E-state index >= 15 is 0 Å². The van der Waals surface area contributed by atoms with Crippen LogP contribution in [-0.2, 0) is 0 Å². The second kappa shape index (κ2) is 19.3. The second-order valence-corrected chi connectivity index (χ2v) is 12.2. The zero-order valence-corrected chi connectivity index (χ0v) is 25.8. The van der Waals surface area contributed by atoms with Crippen molar-refractivity contribution in [2.75, 3.05) is 12.4 Å². The Labute approximate surface area is 244 Å². The third-order valence-electron chi connectivity index (χ3n) is 4.97. The quantitative estimate of drug-likeness (QED) is 0.242. The van der Waals surface area contributed by atoms with Crippen LogP contribution in [0.15, 0.2) is 24.3 Å². The molecule has 2 N–H and O–H groups in total. The molecular weight excluding hydrogens is 401 g/mol. The first kappa shape index (κ1) is 35.3. The van der Waals surface area contributed by atoms with E-state index in [0.717, 1.165) is 25.7 Å². The molecule has 3 nitrogen and oxygen atoms in total. The van der Waals surface area contributed by atoms with Gasteiger partial charge in [0.25, 0.3) is 0 Å². The summed E-state index contributed by atoms with van der Waals surface area (Å²) in [4.78, 5) is 0. The normalized spacial score (nSPS) is 9.77. The molecule has 19 heteroatoms. The van der Waals surface area contributed by atoms with Crippen molar-refractivity contribution in [1.29, 1.82) is 0 Å². The van der Waals surface area contributed by atoms with Gasteiger partial charge in [-0.2, -0.15) is 0 Å². The molecule has 0 saturated carbocycles. The van der Waals surface area contributed by atoms with Crippen LogP contribution < -0.4 is 69.3 Å². The Morgan fingerprint density at radius 1 is 0.903 bits per heavy atom. The third-order valence-corrected chi connectivity index (χ3v) is 9.76. The Balaban J connectivity index is 0. The van der Waals surface area contributed by atoms with Crippen LogP contribution in [0.2, 0.25) is 0 Å². The van der Waals surface area contributed by atoms with E-state index in [9.17, 15) is 0 Å². The fourth-order valence-corrected chi connectivity index (χ4v) is 7.97. The van der Waals surface area contributed by atoms with E-state index in [-0.39, 0.29) is 59.1 Å². The van der Waals surface area contributed by atoms with Crippen LogP contribution in [0.5, 0.6) is 5.75 Å². The number of hydrogen-bond donors (Lipinski definition) is 2. The molecule has 0 saturated heterocycles. The minimum absolute atomic E-state index is 0. The molecule has 0 fully saturated rings. The van der Waals surface area contributed by atoms with E-state index in [0.29, 0.717) is 30.6 Å². The van der Waals surface area contributed by atoms with Crippen molar-refractivity contribution in [1.82, 2.24) is 0 Å². The zero-order chi connectivity index (χ0) is 21.9. The standard InChI is InChI=1S/C12H29B13O3S.2Na/c13-19-25(18)29(20-23(14)15,21-24(16)17)10-4-2-1-3-9-28-12-7-5-11(6-8-12)22(26)27;;/h5-8,19,26-27H,1-4,9-10,14-18H2;;/q-1;2*+1/i13-1,14-1,15-1,16-1,17-1,18-1,19-1,20-1,21-1,23-1,24-1,25-1;;. The number of rotatable bonds is 13. The summed E-state index contributed by atoms with van der Waals surface area (Å²) < 4.78 is 5.76. The molecule has 0 unspecified atom stereocenters. The SMILES string of the molecule is [10B-][10BH][10B]([10BH2])S(=[10B][10B]([10BH2])[10BH2])(=[10B][10B]([10BH2])[10BH2])CCCCCCOc1ccc(B(O)O)cc1.[Na+].[Na+]. The van der Waals surface area contributed by atoms with E-state index in [2.05, 4.69) is 50.8 Å². The van der Waals surface area contributed by atoms with Crippen molar-refractivity contribution in [2.45, 2.75) is 25.7 Å². The molecule has 1 rings (SSSR count). The summed E-state index contributed by atoms with van der Waals surface area (Å²) in [7, 11) is 16.0. The van der Waals surface area contributed by atoms with Gasteiger partial charge in [0, 0.05) is 0 Å². The zero-order valence-electron chi connectivity index (χ0n) is 21.0. The maximum absolute atomic E-state index is 9.12. The van der Waals surface area contributed by atoms with E-state index < -0.39 is 15.9 Å². The van der Waals surface area contributed by atoms with Gasteiger partial charge in [-0.25, -0.2) is 0 Å². The monoisotopic (exact) mass is 430 g/mol. The van der Waals surface area contributed by atoms with Crippen LogP contribution in [-0.4, -0.2) is 114 Å². The molecule has 141 valence electrons. The van der Waals surface area contributed by atoms with Crippen LogP contribution in [0, 0.1) is 0 Å². The van der Waals surface area contributed by atoms with Crippen LogP contribution in [0.3, 0.4) is 0 Å². The van der Waals surface area contributed by atoms with Gasteiger partial charge in [0.2, 0.25) is 0 Å². The predicted octanol–water partition coefficient (Wildman–Crippen LogP) is -12.0. The summed E-state index contributed by atoms with van der Waals surface area (Å²) in [5.74, 6) is 2.55. The smallest absolute Gasteiger partial charge is 1.00 e. The van der Waals surface area contributed by atoms with Crippen molar-refractivity contribution in [3.05, 3.63) is 24.3 Å². The summed E-state index contributed by atoms with van der Waals surface area (Å²) >= 11 is 0. The summed E-state index contributed by atoms with van der Waals surface area (Å²) in [5.41, 5.74) is 0.478. The van der Waals surface area contributed by atoms with Crippen LogP contribution in [0.4, 0.5) is 0 Å². The molecule has 0 spiro atoms. The Morgan fingerprint density at radius 2 is 1.42 bits per heavy atom. The Kier molecular flexibility index (Phi) is 22.0. The molecule has 0 aromatic heterocycles. The first-order valence-corrected chi connectivity index (χ1v) is 13.0. The van der Waals surface area contributed by atoms with E-state index in [1.807, 2.05) is 0 Å².